The lowest BCUT2D eigenvalue weighted by Gasteiger charge is -2.06. The van der Waals surface area contributed by atoms with E-state index in [-0.39, 0.29) is 40.8 Å². The molecule has 0 aliphatic rings. The number of hydrogen-bond donors (Lipinski definition) is 3. The molecule has 0 aromatic carbocycles. The monoisotopic (exact) mass is 410 g/mol. The van der Waals surface area contributed by atoms with Crippen LogP contribution in [0.2, 0.25) is 0 Å². The van der Waals surface area contributed by atoms with Gasteiger partial charge in [-0.2, -0.15) is 4.98 Å². The number of nitrogens with zero attached hydrogens (tertiary/aromatic N) is 4. The predicted octanol–water partition coefficient (Wildman–Crippen LogP) is 1.48. The van der Waals surface area contributed by atoms with Crippen molar-refractivity contribution >= 4 is 27.5 Å². The van der Waals surface area contributed by atoms with E-state index in [1.54, 1.807) is 29.8 Å². The lowest BCUT2D eigenvalue weighted by molar-refractivity contribution is 0.0951. The molecule has 0 saturated heterocycles. The highest BCUT2D eigenvalue weighted by Crippen LogP contribution is 2.32. The van der Waals surface area contributed by atoms with E-state index in [9.17, 15) is 14.7 Å². The number of amides is 1. The number of aromatic amines is 1. The van der Waals surface area contributed by atoms with Crippen molar-refractivity contribution in [2.75, 3.05) is 7.11 Å². The van der Waals surface area contributed by atoms with Crippen molar-refractivity contribution in [3.8, 4) is 23.1 Å². The molecular weight excluding hydrogens is 396 g/mol. The van der Waals surface area contributed by atoms with E-state index in [0.29, 0.717) is 10.5 Å². The number of methoxy groups -OCH3 is 1. The SMILES string of the molecule is COc1cnc(CNC(=O)c2csc3nc(-c4ccccn4)nc(O)c23)[nH]c1=O. The second-order valence-corrected chi connectivity index (χ2v) is 6.68. The molecule has 3 N–H and O–H groups in total. The van der Waals surface area contributed by atoms with Crippen molar-refractivity contribution in [3.63, 3.8) is 0 Å². The summed E-state index contributed by atoms with van der Waals surface area (Å²) in [6, 6.07) is 5.28. The third kappa shape index (κ3) is 3.62. The number of aromatic nitrogens is 5. The van der Waals surface area contributed by atoms with E-state index in [1.165, 1.54) is 24.6 Å². The average Bonchev–Trinajstić information content (AvgIpc) is 3.17. The number of ether oxygens (including phenoxy) is 1. The van der Waals surface area contributed by atoms with E-state index in [2.05, 4.69) is 30.2 Å². The Morgan fingerprint density at radius 1 is 1.31 bits per heavy atom. The highest BCUT2D eigenvalue weighted by Gasteiger charge is 2.19. The Hall–Kier alpha value is -3.86. The molecule has 4 rings (SSSR count). The van der Waals surface area contributed by atoms with Gasteiger partial charge < -0.3 is 20.1 Å². The van der Waals surface area contributed by atoms with Crippen LogP contribution < -0.4 is 15.6 Å². The van der Waals surface area contributed by atoms with Crippen molar-refractivity contribution in [1.82, 2.24) is 30.2 Å². The van der Waals surface area contributed by atoms with Crippen molar-refractivity contribution in [1.29, 1.82) is 0 Å². The third-order valence-electron chi connectivity index (χ3n) is 4.01. The number of hydrogen-bond acceptors (Lipinski definition) is 9. The molecule has 1 amide bonds. The quantitative estimate of drug-likeness (QED) is 0.449. The largest absolute Gasteiger partial charge is 0.493 e. The fourth-order valence-corrected chi connectivity index (χ4v) is 3.53. The Labute approximate surface area is 167 Å². The molecule has 4 aromatic heterocycles. The summed E-state index contributed by atoms with van der Waals surface area (Å²) in [6.07, 6.45) is 2.88. The number of carbonyl (C=O) groups excluding carboxylic acids is 1. The molecule has 11 heteroatoms. The number of aromatic hydroxyl groups is 1. The summed E-state index contributed by atoms with van der Waals surface area (Å²) < 4.78 is 4.85. The Morgan fingerprint density at radius 3 is 2.90 bits per heavy atom. The van der Waals surface area contributed by atoms with Crippen molar-refractivity contribution < 1.29 is 14.6 Å². The van der Waals surface area contributed by atoms with Crippen molar-refractivity contribution in [2.45, 2.75) is 6.54 Å². The minimum Gasteiger partial charge on any atom is -0.493 e. The highest BCUT2D eigenvalue weighted by atomic mass is 32.1. The molecule has 29 heavy (non-hydrogen) atoms. The first-order valence-electron chi connectivity index (χ1n) is 8.37. The van der Waals surface area contributed by atoms with Gasteiger partial charge in [-0.15, -0.1) is 11.3 Å². The zero-order valence-electron chi connectivity index (χ0n) is 15.0. The molecule has 0 bridgehead atoms. The summed E-state index contributed by atoms with van der Waals surface area (Å²) in [5.41, 5.74) is 0.297. The summed E-state index contributed by atoms with van der Waals surface area (Å²) in [4.78, 5) is 43.9. The van der Waals surface area contributed by atoms with Gasteiger partial charge in [-0.1, -0.05) is 6.07 Å². The van der Waals surface area contributed by atoms with E-state index in [4.69, 9.17) is 4.74 Å². The molecule has 146 valence electrons. The molecule has 0 radical (unpaired) electrons. The van der Waals surface area contributed by atoms with Crippen LogP contribution in [0.4, 0.5) is 0 Å². The minimum absolute atomic E-state index is 0.0109. The highest BCUT2D eigenvalue weighted by molar-refractivity contribution is 7.17. The first-order chi connectivity index (χ1) is 14.1. The van der Waals surface area contributed by atoms with Crippen molar-refractivity contribution in [2.24, 2.45) is 0 Å². The van der Waals surface area contributed by atoms with E-state index >= 15 is 0 Å². The standard InChI is InChI=1S/C18H14N6O4S/c1-28-11-6-20-12(22-16(11)26)7-21-15(25)9-8-29-18-13(9)17(27)23-14(24-18)10-4-2-3-5-19-10/h2-6,8H,7H2,1H3,(H,21,25)(H,20,22,26)(H,23,24,27). The van der Waals surface area contributed by atoms with Crippen LogP contribution in [0.3, 0.4) is 0 Å². The number of thiophene rings is 1. The number of pyridine rings is 1. The van der Waals surface area contributed by atoms with Crippen LogP contribution in [0, 0.1) is 0 Å². The van der Waals surface area contributed by atoms with Gasteiger partial charge in [0.2, 0.25) is 11.6 Å². The maximum absolute atomic E-state index is 12.6. The first kappa shape index (κ1) is 18.5. The fourth-order valence-electron chi connectivity index (χ4n) is 2.61. The van der Waals surface area contributed by atoms with E-state index < -0.39 is 11.5 Å². The number of fused-ring (bicyclic) bond motifs is 1. The molecule has 0 fully saturated rings. The Kier molecular flexibility index (Phi) is 4.87. The van der Waals surface area contributed by atoms with Gasteiger partial charge in [-0.25, -0.2) is 9.97 Å². The number of carbonyl (C=O) groups is 1. The van der Waals surface area contributed by atoms with Crippen molar-refractivity contribution in [3.05, 3.63) is 57.7 Å². The van der Waals surface area contributed by atoms with Crippen LogP contribution in [0.25, 0.3) is 21.7 Å². The Morgan fingerprint density at radius 2 is 2.17 bits per heavy atom. The van der Waals surface area contributed by atoms with Gasteiger partial charge in [0.05, 0.1) is 30.8 Å². The van der Waals surface area contributed by atoms with Crippen LogP contribution in [0.5, 0.6) is 11.6 Å². The van der Waals surface area contributed by atoms with Crippen LogP contribution in [-0.4, -0.2) is 43.0 Å². The van der Waals surface area contributed by atoms with Gasteiger partial charge in [-0.05, 0) is 12.1 Å². The summed E-state index contributed by atoms with van der Waals surface area (Å²) in [5, 5.41) is 14.9. The summed E-state index contributed by atoms with van der Waals surface area (Å²) in [6.45, 7) is -0.0109. The molecule has 0 saturated carbocycles. The molecule has 0 aliphatic carbocycles. The molecule has 4 aromatic rings. The molecule has 4 heterocycles. The molecule has 0 spiro atoms. The van der Waals surface area contributed by atoms with Gasteiger partial charge in [0.15, 0.2) is 5.82 Å². The maximum atomic E-state index is 12.6. The number of rotatable bonds is 5. The van der Waals surface area contributed by atoms with E-state index in [0.717, 1.165) is 0 Å². The molecule has 0 unspecified atom stereocenters. The molecule has 10 nitrogen and oxygen atoms in total. The molecule has 0 aliphatic heterocycles. The van der Waals surface area contributed by atoms with Crippen LogP contribution in [0.1, 0.15) is 16.2 Å². The van der Waals surface area contributed by atoms with Gasteiger partial charge in [0.25, 0.3) is 11.5 Å². The molecular formula is C18H14N6O4S. The van der Waals surface area contributed by atoms with Gasteiger partial charge in [0, 0.05) is 11.6 Å². The lowest BCUT2D eigenvalue weighted by atomic mass is 10.2. The minimum atomic E-state index is -0.459. The molecule has 0 atom stereocenters. The average molecular weight is 410 g/mol. The number of H-pyrrole nitrogens is 1. The zero-order chi connectivity index (χ0) is 20.4. The zero-order valence-corrected chi connectivity index (χ0v) is 15.9. The topological polar surface area (TPSA) is 143 Å². The Bertz CT molecular complexity index is 1250. The normalized spacial score (nSPS) is 10.8. The summed E-state index contributed by atoms with van der Waals surface area (Å²) >= 11 is 1.20. The first-order valence-corrected chi connectivity index (χ1v) is 9.24. The van der Waals surface area contributed by atoms with Crippen LogP contribution in [0.15, 0.2) is 40.8 Å². The van der Waals surface area contributed by atoms with E-state index in [1.807, 2.05) is 0 Å². The summed E-state index contributed by atoms with van der Waals surface area (Å²) in [7, 11) is 1.36. The van der Waals surface area contributed by atoms with Gasteiger partial charge >= 0.3 is 0 Å². The lowest BCUT2D eigenvalue weighted by Crippen LogP contribution is -2.25. The van der Waals surface area contributed by atoms with Gasteiger partial charge in [0.1, 0.15) is 16.3 Å². The third-order valence-corrected chi connectivity index (χ3v) is 4.88. The maximum Gasteiger partial charge on any atom is 0.293 e. The van der Waals surface area contributed by atoms with Gasteiger partial charge in [-0.3, -0.25) is 14.6 Å². The van der Waals surface area contributed by atoms with Crippen LogP contribution in [-0.2, 0) is 6.54 Å². The Balaban J connectivity index is 1.58. The smallest absolute Gasteiger partial charge is 0.293 e. The fraction of sp³-hybridized carbons (Fsp3) is 0.111. The second-order valence-electron chi connectivity index (χ2n) is 5.83. The second kappa shape index (κ2) is 7.64. The van der Waals surface area contributed by atoms with Crippen LogP contribution >= 0.6 is 11.3 Å². The predicted molar refractivity (Wildman–Crippen MR) is 105 cm³/mol. The summed E-state index contributed by atoms with van der Waals surface area (Å²) in [5.74, 6) is -0.155. The number of nitrogens with one attached hydrogen (secondary N) is 2.